The summed E-state index contributed by atoms with van der Waals surface area (Å²) in [5, 5.41) is 4.23. The Morgan fingerprint density at radius 2 is 2.21 bits per heavy atom. The van der Waals surface area contributed by atoms with Gasteiger partial charge in [0.25, 0.3) is 5.91 Å². The van der Waals surface area contributed by atoms with E-state index in [1.165, 1.54) is 0 Å². The van der Waals surface area contributed by atoms with Crippen LogP contribution < -0.4 is 4.74 Å². The minimum atomic E-state index is 0.0537. The van der Waals surface area contributed by atoms with E-state index in [4.69, 9.17) is 4.74 Å². The van der Waals surface area contributed by atoms with Gasteiger partial charge in [0.05, 0.1) is 11.6 Å². The lowest BCUT2D eigenvalue weighted by Gasteiger charge is -2.33. The number of amides is 1. The van der Waals surface area contributed by atoms with Gasteiger partial charge in [-0.25, -0.2) is 9.67 Å². The van der Waals surface area contributed by atoms with Gasteiger partial charge in [0.1, 0.15) is 24.5 Å². The highest BCUT2D eigenvalue weighted by molar-refractivity contribution is 5.97. The van der Waals surface area contributed by atoms with Gasteiger partial charge in [0, 0.05) is 24.6 Å². The number of rotatable bonds is 2. The van der Waals surface area contributed by atoms with E-state index in [2.05, 4.69) is 30.0 Å². The molecule has 2 aliphatic heterocycles. The molecule has 0 unspecified atom stereocenters. The maximum Gasteiger partial charge on any atom is 0.257 e. The molecule has 1 saturated heterocycles. The Kier molecular flexibility index (Phi) is 3.75. The molecule has 0 spiro atoms. The van der Waals surface area contributed by atoms with E-state index in [0.29, 0.717) is 18.0 Å². The molecule has 2 aromatic rings. The minimum Gasteiger partial charge on any atom is -0.489 e. The molecule has 6 nitrogen and oxygen atoms in total. The molecular formula is C18H22N4O2. The number of carbonyl (C=O) groups is 1. The van der Waals surface area contributed by atoms with Crippen molar-refractivity contribution in [1.29, 1.82) is 0 Å². The lowest BCUT2D eigenvalue weighted by atomic mass is 9.96. The van der Waals surface area contributed by atoms with Crippen LogP contribution in [0.25, 0.3) is 0 Å². The third-order valence-electron chi connectivity index (χ3n) is 5.27. The second-order valence-corrected chi connectivity index (χ2v) is 6.76. The highest BCUT2D eigenvalue weighted by Gasteiger charge is 2.33. The second-order valence-electron chi connectivity index (χ2n) is 6.76. The summed E-state index contributed by atoms with van der Waals surface area (Å²) in [6, 6.07) is 6.10. The summed E-state index contributed by atoms with van der Waals surface area (Å²) >= 11 is 0. The van der Waals surface area contributed by atoms with Crippen molar-refractivity contribution in [3.63, 3.8) is 0 Å². The average molecular weight is 326 g/mol. The highest BCUT2D eigenvalue weighted by atomic mass is 16.5. The Morgan fingerprint density at radius 1 is 1.33 bits per heavy atom. The second kappa shape index (κ2) is 5.92. The average Bonchev–Trinajstić information content (AvgIpc) is 3.24. The van der Waals surface area contributed by atoms with Crippen LogP contribution in [0.4, 0.5) is 0 Å². The van der Waals surface area contributed by atoms with Gasteiger partial charge in [-0.1, -0.05) is 19.1 Å². The molecule has 1 aromatic heterocycles. The summed E-state index contributed by atoms with van der Waals surface area (Å²) in [5.41, 5.74) is 1.82. The zero-order valence-electron chi connectivity index (χ0n) is 14.1. The quantitative estimate of drug-likeness (QED) is 0.851. The van der Waals surface area contributed by atoms with Crippen molar-refractivity contribution in [2.45, 2.75) is 44.8 Å². The van der Waals surface area contributed by atoms with E-state index in [0.717, 1.165) is 30.7 Å². The van der Waals surface area contributed by atoms with Gasteiger partial charge in [-0.3, -0.25) is 4.79 Å². The molecule has 1 aromatic carbocycles. The number of aromatic nitrogens is 3. The summed E-state index contributed by atoms with van der Waals surface area (Å²) in [4.78, 5) is 19.0. The van der Waals surface area contributed by atoms with Gasteiger partial charge < -0.3 is 9.64 Å². The van der Waals surface area contributed by atoms with Crippen LogP contribution in [0.1, 0.15) is 54.6 Å². The summed E-state index contributed by atoms with van der Waals surface area (Å²) in [5.74, 6) is 1.14. The van der Waals surface area contributed by atoms with E-state index >= 15 is 0 Å². The maximum atomic E-state index is 13.1. The Morgan fingerprint density at radius 3 is 3.00 bits per heavy atom. The van der Waals surface area contributed by atoms with Crippen LogP contribution in [0.5, 0.6) is 5.75 Å². The molecule has 0 N–H and O–H groups in total. The van der Waals surface area contributed by atoms with E-state index in [1.54, 1.807) is 12.7 Å². The summed E-state index contributed by atoms with van der Waals surface area (Å²) in [7, 11) is 0. The lowest BCUT2D eigenvalue weighted by Crippen LogP contribution is -2.41. The van der Waals surface area contributed by atoms with Crippen LogP contribution in [-0.4, -0.2) is 44.8 Å². The molecule has 3 atom stereocenters. The number of hydrogen-bond donors (Lipinski definition) is 0. The fourth-order valence-corrected chi connectivity index (χ4v) is 3.69. The maximum absolute atomic E-state index is 13.1. The lowest BCUT2D eigenvalue weighted by molar-refractivity contribution is 0.0667. The van der Waals surface area contributed by atoms with Gasteiger partial charge in [0.2, 0.25) is 0 Å². The smallest absolute Gasteiger partial charge is 0.257 e. The molecule has 4 rings (SSSR count). The number of ether oxygens (including phenoxy) is 1. The first-order valence-corrected chi connectivity index (χ1v) is 8.58. The molecule has 3 heterocycles. The Bertz CT molecular complexity index is 743. The molecule has 0 bridgehead atoms. The predicted molar refractivity (Wildman–Crippen MR) is 89.1 cm³/mol. The normalized spacial score (nSPS) is 26.1. The van der Waals surface area contributed by atoms with Crippen molar-refractivity contribution in [3.8, 4) is 5.75 Å². The van der Waals surface area contributed by atoms with Gasteiger partial charge in [0.15, 0.2) is 0 Å². The van der Waals surface area contributed by atoms with Crippen molar-refractivity contribution in [3.05, 3.63) is 42.0 Å². The minimum absolute atomic E-state index is 0.0537. The third kappa shape index (κ3) is 2.46. The number of benzene rings is 1. The van der Waals surface area contributed by atoms with Crippen molar-refractivity contribution in [1.82, 2.24) is 19.7 Å². The molecule has 6 heteroatoms. The Balaban J connectivity index is 1.59. The molecule has 1 amide bonds. The van der Waals surface area contributed by atoms with Gasteiger partial charge >= 0.3 is 0 Å². The summed E-state index contributed by atoms with van der Waals surface area (Å²) in [6.45, 7) is 5.64. The number of hydrogen-bond acceptors (Lipinski definition) is 4. The van der Waals surface area contributed by atoms with Crippen LogP contribution >= 0.6 is 0 Å². The summed E-state index contributed by atoms with van der Waals surface area (Å²) in [6.07, 6.45) is 5.37. The standard InChI is InChI=1S/C18H22N4O2/c1-12-13(2)24-17-15(12)6-3-7-16(17)18(23)21-8-4-5-14(9-21)22-11-19-10-20-22/h3,6-7,10-14H,4-5,8-9H2,1-2H3/t12-,13-,14+/m0/s1. The van der Waals surface area contributed by atoms with Crippen molar-refractivity contribution in [2.24, 2.45) is 0 Å². The first kappa shape index (κ1) is 15.2. The van der Waals surface area contributed by atoms with Crippen LogP contribution in [0.3, 0.4) is 0 Å². The first-order valence-electron chi connectivity index (χ1n) is 8.58. The molecule has 0 saturated carbocycles. The molecular weight excluding hydrogens is 304 g/mol. The zero-order chi connectivity index (χ0) is 16.7. The Labute approximate surface area is 141 Å². The number of para-hydroxylation sites is 1. The molecule has 126 valence electrons. The largest absolute Gasteiger partial charge is 0.489 e. The van der Waals surface area contributed by atoms with E-state index in [1.807, 2.05) is 21.7 Å². The molecule has 1 fully saturated rings. The predicted octanol–water partition coefficient (Wildman–Crippen LogP) is 2.64. The van der Waals surface area contributed by atoms with E-state index in [9.17, 15) is 4.79 Å². The van der Waals surface area contributed by atoms with Crippen molar-refractivity contribution >= 4 is 5.91 Å². The third-order valence-corrected chi connectivity index (χ3v) is 5.27. The molecule has 24 heavy (non-hydrogen) atoms. The fraction of sp³-hybridized carbons (Fsp3) is 0.500. The van der Waals surface area contributed by atoms with Crippen molar-refractivity contribution in [2.75, 3.05) is 13.1 Å². The summed E-state index contributed by atoms with van der Waals surface area (Å²) < 4.78 is 7.84. The zero-order valence-corrected chi connectivity index (χ0v) is 14.1. The van der Waals surface area contributed by atoms with Crippen LogP contribution in [0.2, 0.25) is 0 Å². The van der Waals surface area contributed by atoms with E-state index in [-0.39, 0.29) is 18.1 Å². The van der Waals surface area contributed by atoms with Gasteiger partial charge in [-0.15, -0.1) is 0 Å². The number of carbonyl (C=O) groups excluding carboxylic acids is 1. The van der Waals surface area contributed by atoms with Gasteiger partial charge in [-0.2, -0.15) is 5.10 Å². The molecule has 0 radical (unpaired) electrons. The fourth-order valence-electron chi connectivity index (χ4n) is 3.69. The molecule has 0 aliphatic carbocycles. The number of likely N-dealkylation sites (tertiary alicyclic amines) is 1. The Hall–Kier alpha value is -2.37. The number of piperidine rings is 1. The first-order chi connectivity index (χ1) is 11.6. The number of fused-ring (bicyclic) bond motifs is 1. The van der Waals surface area contributed by atoms with E-state index < -0.39 is 0 Å². The topological polar surface area (TPSA) is 60.2 Å². The monoisotopic (exact) mass is 326 g/mol. The van der Waals surface area contributed by atoms with Crippen LogP contribution in [-0.2, 0) is 0 Å². The number of nitrogens with zero attached hydrogens (tertiary/aromatic N) is 4. The van der Waals surface area contributed by atoms with Gasteiger partial charge in [-0.05, 0) is 25.8 Å². The highest BCUT2D eigenvalue weighted by Crippen LogP contribution is 2.40. The van der Waals surface area contributed by atoms with Crippen LogP contribution in [0, 0.1) is 0 Å². The van der Waals surface area contributed by atoms with Crippen LogP contribution in [0.15, 0.2) is 30.9 Å². The molecule has 2 aliphatic rings. The van der Waals surface area contributed by atoms with Crippen molar-refractivity contribution < 1.29 is 9.53 Å². The SMILES string of the molecule is C[C@@H]1Oc2c(C(=O)N3CCC[C@@H](n4cncn4)C3)cccc2[C@H]1C.